The second-order valence-corrected chi connectivity index (χ2v) is 18.4. The number of benzene rings is 4. The Morgan fingerprint density at radius 1 is 0.407 bits per heavy atom. The Hall–Kier alpha value is -3.29. The Morgan fingerprint density at radius 2 is 0.630 bits per heavy atom. The largest absolute Gasteiger partial charge is 0.673 e. The van der Waals surface area contributed by atoms with Crippen LogP contribution in [0.4, 0.5) is 17.3 Å². The Balaban J connectivity index is 0.000000342. The maximum Gasteiger partial charge on any atom is 0.673 e. The van der Waals surface area contributed by atoms with Gasteiger partial charge in [0.15, 0.2) is 0 Å². The molecule has 0 bridgehead atoms. The summed E-state index contributed by atoms with van der Waals surface area (Å²) < 4.78 is 39.0. The summed E-state index contributed by atoms with van der Waals surface area (Å²) in [5, 5.41) is 0. The summed E-state index contributed by atoms with van der Waals surface area (Å²) in [6.45, 7) is 0. The molecule has 4 aromatic carbocycles. The number of hydrogen-bond donors (Lipinski definition) is 0. The Bertz CT molecular complexity index is 1640. The number of allylic oxidation sites excluding steroid dienone is 4. The molecule has 0 saturated carbocycles. The van der Waals surface area contributed by atoms with Crippen molar-refractivity contribution in [3.05, 3.63) is 180 Å². The molecule has 10 heteroatoms. The van der Waals surface area contributed by atoms with E-state index in [1.165, 1.54) is 84.5 Å². The van der Waals surface area contributed by atoms with Gasteiger partial charge in [-0.3, -0.25) is 9.97 Å². The summed E-state index contributed by atoms with van der Waals surface area (Å²) in [5.74, 6) is 0. The predicted octanol–water partition coefficient (Wildman–Crippen LogP) is 13.2. The third kappa shape index (κ3) is 11.6. The topological polar surface area (TPSA) is 25.8 Å². The molecule has 8 rings (SSSR count). The molecule has 1 aliphatic carbocycles. The summed E-state index contributed by atoms with van der Waals surface area (Å²) in [4.78, 5) is 10.6. The first kappa shape index (κ1) is 41.9. The normalized spacial score (nSPS) is 21.4. The molecule has 0 N–H and O–H groups in total. The van der Waals surface area contributed by atoms with Crippen molar-refractivity contribution in [2.24, 2.45) is 0 Å². The molecule has 3 aliphatic rings. The van der Waals surface area contributed by atoms with Gasteiger partial charge >= 0.3 is 7.25 Å². The third-order valence-corrected chi connectivity index (χ3v) is 16.7. The van der Waals surface area contributed by atoms with E-state index in [2.05, 4.69) is 146 Å². The van der Waals surface area contributed by atoms with Crippen LogP contribution in [0.5, 0.6) is 0 Å². The molecule has 2 nitrogen and oxygen atoms in total. The smallest absolute Gasteiger partial charge is 0.418 e. The molecule has 1 radical (unpaired) electrons. The van der Waals surface area contributed by atoms with Crippen LogP contribution in [-0.2, 0) is 19.5 Å². The molecule has 2 fully saturated rings. The van der Waals surface area contributed by atoms with Crippen molar-refractivity contribution in [2.75, 3.05) is 0 Å². The Labute approximate surface area is 333 Å². The van der Waals surface area contributed by atoms with E-state index in [0.29, 0.717) is 22.6 Å². The minimum Gasteiger partial charge on any atom is -0.418 e. The second-order valence-electron chi connectivity index (χ2n) is 13.5. The van der Waals surface area contributed by atoms with Crippen molar-refractivity contribution >= 4 is 34.0 Å². The molecule has 2 aliphatic heterocycles. The minimum absolute atomic E-state index is 0. The fraction of sp³-hybridized carbons (Fsp3) is 0.273. The second kappa shape index (κ2) is 21.1. The molecule has 0 unspecified atom stereocenters. The van der Waals surface area contributed by atoms with Crippen molar-refractivity contribution < 1.29 is 36.7 Å². The van der Waals surface area contributed by atoms with Crippen LogP contribution in [0.3, 0.4) is 0 Å². The summed E-state index contributed by atoms with van der Waals surface area (Å²) in [5.41, 5.74) is 10.5. The number of rotatable bonds is 6. The van der Waals surface area contributed by atoms with Crippen LogP contribution in [0.2, 0.25) is 0 Å². The average Bonchev–Trinajstić information content (AvgIpc) is 3.82. The zero-order valence-electron chi connectivity index (χ0n) is 30.2. The van der Waals surface area contributed by atoms with E-state index in [0.717, 1.165) is 0 Å². The van der Waals surface area contributed by atoms with Gasteiger partial charge in [-0.25, -0.2) is 0 Å². The van der Waals surface area contributed by atoms with Crippen LogP contribution >= 0.6 is 15.8 Å². The van der Waals surface area contributed by atoms with E-state index in [1.54, 1.807) is 0 Å². The molecular weight excluding hydrogens is 808 g/mol. The van der Waals surface area contributed by atoms with Gasteiger partial charge in [-0.2, -0.15) is 0 Å². The SMILES string of the molecule is C1=CCCC=CCC1.F[B-](F)(F)F.[Rh].c1ccc([C@H]2CC[C@H](c3ccccc3)P2c2nccnc2P2[C@@H](c3ccccc3)CC[C@@H]2c2ccccc2)cc1. The van der Waals surface area contributed by atoms with Crippen molar-refractivity contribution in [2.45, 2.75) is 74.0 Å². The van der Waals surface area contributed by atoms with Gasteiger partial charge in [0, 0.05) is 54.5 Å². The molecule has 0 spiro atoms. The molecule has 5 aromatic rings. The Kier molecular flexibility index (Phi) is 16.4. The fourth-order valence-electron chi connectivity index (χ4n) is 7.77. The molecule has 2 saturated heterocycles. The van der Waals surface area contributed by atoms with Gasteiger partial charge in [0.25, 0.3) is 0 Å². The first-order valence-electron chi connectivity index (χ1n) is 18.6. The molecule has 283 valence electrons. The summed E-state index contributed by atoms with van der Waals surface area (Å²) >= 11 is 0. The summed E-state index contributed by atoms with van der Waals surface area (Å²) in [6, 6.07) is 44.9. The number of hydrogen-bond acceptors (Lipinski definition) is 2. The molecular formula is C44H46BF4N2P2Rh-. The predicted molar refractivity (Wildman–Crippen MR) is 217 cm³/mol. The number of halogens is 4. The van der Waals surface area contributed by atoms with Gasteiger partial charge in [0.2, 0.25) is 0 Å². The van der Waals surface area contributed by atoms with Crippen molar-refractivity contribution in [1.29, 1.82) is 0 Å². The third-order valence-electron chi connectivity index (χ3n) is 9.99. The van der Waals surface area contributed by atoms with E-state index in [4.69, 9.17) is 9.97 Å². The molecule has 54 heavy (non-hydrogen) atoms. The van der Waals surface area contributed by atoms with E-state index < -0.39 is 23.1 Å². The van der Waals surface area contributed by atoms with E-state index in [1.807, 2.05) is 12.4 Å². The van der Waals surface area contributed by atoms with Gasteiger partial charge in [0.05, 0.1) is 10.9 Å². The van der Waals surface area contributed by atoms with Crippen LogP contribution in [0.25, 0.3) is 0 Å². The molecule has 4 atom stereocenters. The van der Waals surface area contributed by atoms with E-state index in [9.17, 15) is 17.3 Å². The molecule has 1 aromatic heterocycles. The van der Waals surface area contributed by atoms with E-state index in [-0.39, 0.29) is 19.5 Å². The van der Waals surface area contributed by atoms with Gasteiger partial charge < -0.3 is 17.3 Å². The van der Waals surface area contributed by atoms with Crippen molar-refractivity contribution in [1.82, 2.24) is 9.97 Å². The standard InChI is InChI=1S/C36H34N2P2.C8H12.BF4.Rh/c1-5-13-27(14-6-1)31-21-22-32(28-15-7-2-8-16-28)39(31)35-36(38-26-25-37-35)40-33(29-17-9-3-10-18-29)23-24-34(40)30-19-11-4-12-20-30;1-2-4-6-8-7-5-3-1;2-1(3,4)5;/h1-20,25-26,31-34H,21-24H2;1-2,7-8H,3-6H2;;/q;;-1;/t31-,32-,33-,34-;;;/m1.../s1. The molecule has 3 heterocycles. The van der Waals surface area contributed by atoms with Gasteiger partial charge in [-0.15, -0.1) is 0 Å². The number of aromatic nitrogens is 2. The van der Waals surface area contributed by atoms with Crippen LogP contribution in [0.1, 0.15) is 96.3 Å². The maximum absolute atomic E-state index is 9.75. The zero-order chi connectivity index (χ0) is 36.9. The summed E-state index contributed by atoms with van der Waals surface area (Å²) in [7, 11) is -7.18. The minimum atomic E-state index is -6.00. The molecule has 0 amide bonds. The maximum atomic E-state index is 9.75. The van der Waals surface area contributed by atoms with Crippen LogP contribution in [-0.4, -0.2) is 17.2 Å². The first-order valence-corrected chi connectivity index (χ1v) is 21.6. The Morgan fingerprint density at radius 3 is 0.852 bits per heavy atom. The van der Waals surface area contributed by atoms with Crippen molar-refractivity contribution in [3.8, 4) is 0 Å². The van der Waals surface area contributed by atoms with Crippen LogP contribution in [0.15, 0.2) is 158 Å². The fourth-order valence-corrected chi connectivity index (χ4v) is 15.2. The van der Waals surface area contributed by atoms with Gasteiger partial charge in [-0.1, -0.05) is 146 Å². The van der Waals surface area contributed by atoms with Gasteiger partial charge in [0.1, 0.15) is 0 Å². The quantitative estimate of drug-likeness (QED) is 0.0736. The van der Waals surface area contributed by atoms with Crippen LogP contribution < -0.4 is 10.9 Å². The monoisotopic (exact) mass is 854 g/mol. The first-order chi connectivity index (χ1) is 25.9. The summed E-state index contributed by atoms with van der Waals surface area (Å²) in [6.07, 6.45) is 22.7. The zero-order valence-corrected chi connectivity index (χ0v) is 33.6. The number of nitrogens with zero attached hydrogens (tertiary/aromatic N) is 2. The van der Waals surface area contributed by atoms with Gasteiger partial charge in [-0.05, 0) is 89.5 Å². The average molecular weight is 855 g/mol. The van der Waals surface area contributed by atoms with E-state index >= 15 is 0 Å². The van der Waals surface area contributed by atoms with Crippen molar-refractivity contribution in [3.63, 3.8) is 0 Å². The van der Waals surface area contributed by atoms with Crippen LogP contribution in [0, 0.1) is 0 Å².